The lowest BCUT2D eigenvalue weighted by molar-refractivity contribution is -0.118. The Morgan fingerprint density at radius 1 is 1.25 bits per heavy atom. The molecule has 2 aliphatic heterocycles. The average Bonchev–Trinajstić information content (AvgIpc) is 2.98. The van der Waals surface area contributed by atoms with E-state index in [1.807, 2.05) is 49.4 Å². The highest BCUT2D eigenvalue weighted by molar-refractivity contribution is 8.15. The van der Waals surface area contributed by atoms with Gasteiger partial charge in [-0.05, 0) is 67.6 Å². The van der Waals surface area contributed by atoms with Gasteiger partial charge in [-0.3, -0.25) is 14.9 Å². The van der Waals surface area contributed by atoms with Gasteiger partial charge in [-0.25, -0.2) is 0 Å². The smallest absolute Gasteiger partial charge is 0.286 e. The molecule has 0 radical (unpaired) electrons. The van der Waals surface area contributed by atoms with Crippen LogP contribution in [-0.2, 0) is 17.6 Å². The molecule has 2 aromatic rings. The quantitative estimate of drug-likeness (QED) is 0.751. The Kier molecular flexibility index (Phi) is 4.93. The summed E-state index contributed by atoms with van der Waals surface area (Å²) >= 11 is 1.04. The maximum absolute atomic E-state index is 11.7. The van der Waals surface area contributed by atoms with E-state index in [4.69, 9.17) is 15.2 Å². The van der Waals surface area contributed by atoms with Crippen molar-refractivity contribution in [3.05, 3.63) is 53.6 Å². The minimum Gasteiger partial charge on any atom is -0.489 e. The van der Waals surface area contributed by atoms with Crippen LogP contribution in [0.15, 0.2) is 42.5 Å². The van der Waals surface area contributed by atoms with Gasteiger partial charge in [0.05, 0.1) is 5.25 Å². The highest BCUT2D eigenvalue weighted by Gasteiger charge is 2.33. The Balaban J connectivity index is 1.34. The van der Waals surface area contributed by atoms with Crippen molar-refractivity contribution in [3.8, 4) is 11.5 Å². The predicted octanol–water partition coefficient (Wildman–Crippen LogP) is 3.33. The number of imide groups is 1. The van der Waals surface area contributed by atoms with E-state index in [1.165, 1.54) is 0 Å². The van der Waals surface area contributed by atoms with E-state index in [9.17, 15) is 9.59 Å². The van der Waals surface area contributed by atoms with E-state index >= 15 is 0 Å². The van der Waals surface area contributed by atoms with Crippen LogP contribution in [0, 0.1) is 0 Å². The molecule has 0 spiro atoms. The third-order valence-electron chi connectivity index (χ3n) is 5.02. The number of aryl methyl sites for hydroxylation is 1. The molecule has 3 N–H and O–H groups in total. The number of thioether (sulfide) groups is 1. The van der Waals surface area contributed by atoms with Gasteiger partial charge in [-0.1, -0.05) is 23.9 Å². The van der Waals surface area contributed by atoms with Crippen molar-refractivity contribution in [2.24, 2.45) is 0 Å². The van der Waals surface area contributed by atoms with Gasteiger partial charge in [-0.15, -0.1) is 0 Å². The van der Waals surface area contributed by atoms with E-state index in [0.29, 0.717) is 13.0 Å². The fourth-order valence-corrected chi connectivity index (χ4v) is 4.27. The molecular formula is C21H22N2O4S. The van der Waals surface area contributed by atoms with Crippen LogP contribution in [0.4, 0.5) is 10.5 Å². The molecule has 2 heterocycles. The average molecular weight is 398 g/mol. The number of carbonyl (C=O) groups excluding carboxylic acids is 2. The summed E-state index contributed by atoms with van der Waals surface area (Å²) in [6.07, 6.45) is 2.27. The van der Waals surface area contributed by atoms with Crippen molar-refractivity contribution in [2.45, 2.75) is 37.0 Å². The van der Waals surface area contributed by atoms with Crippen LogP contribution < -0.4 is 20.5 Å². The summed E-state index contributed by atoms with van der Waals surface area (Å²) in [7, 11) is 0. The number of carbonyl (C=O) groups is 2. The SMILES string of the molecule is CC1(COc2ccc(CC3SC(=O)NC3=O)cc2)CCc2cc(N)ccc2O1. The highest BCUT2D eigenvalue weighted by Crippen LogP contribution is 2.34. The molecule has 6 nitrogen and oxygen atoms in total. The number of nitrogens with two attached hydrogens (primary N) is 1. The number of nitrogen functional groups attached to an aromatic ring is 1. The lowest BCUT2D eigenvalue weighted by Crippen LogP contribution is -2.42. The molecule has 1 fully saturated rings. The van der Waals surface area contributed by atoms with E-state index in [0.717, 1.165) is 52.9 Å². The topological polar surface area (TPSA) is 90.7 Å². The number of benzene rings is 2. The summed E-state index contributed by atoms with van der Waals surface area (Å²) in [6, 6.07) is 13.3. The summed E-state index contributed by atoms with van der Waals surface area (Å²) in [6.45, 7) is 2.49. The number of fused-ring (bicyclic) bond motifs is 1. The molecule has 0 saturated carbocycles. The normalized spacial score (nSPS) is 23.7. The summed E-state index contributed by atoms with van der Waals surface area (Å²) in [4.78, 5) is 22.9. The summed E-state index contributed by atoms with van der Waals surface area (Å²) < 4.78 is 12.1. The largest absolute Gasteiger partial charge is 0.489 e. The third-order valence-corrected chi connectivity index (χ3v) is 6.00. The second-order valence-corrected chi connectivity index (χ2v) is 8.61. The van der Waals surface area contributed by atoms with Gasteiger partial charge in [0.2, 0.25) is 5.91 Å². The van der Waals surface area contributed by atoms with Gasteiger partial charge in [0.15, 0.2) is 0 Å². The molecule has 2 aliphatic rings. The van der Waals surface area contributed by atoms with Crippen molar-refractivity contribution in [2.75, 3.05) is 12.3 Å². The molecule has 0 aromatic heterocycles. The van der Waals surface area contributed by atoms with Gasteiger partial charge in [0, 0.05) is 5.69 Å². The second kappa shape index (κ2) is 7.39. The Hall–Kier alpha value is -2.67. The minimum atomic E-state index is -0.402. The third kappa shape index (κ3) is 4.09. The lowest BCUT2D eigenvalue weighted by Gasteiger charge is -2.35. The number of hydrogen-bond donors (Lipinski definition) is 2. The molecule has 4 rings (SSSR count). The zero-order valence-corrected chi connectivity index (χ0v) is 16.4. The maximum Gasteiger partial charge on any atom is 0.286 e. The first-order valence-electron chi connectivity index (χ1n) is 9.21. The van der Waals surface area contributed by atoms with Crippen LogP contribution in [0.1, 0.15) is 24.5 Å². The lowest BCUT2D eigenvalue weighted by atomic mass is 9.93. The van der Waals surface area contributed by atoms with Gasteiger partial charge in [-0.2, -0.15) is 0 Å². The standard InChI is InChI=1S/C21H22N2O4S/c1-21(9-8-14-11-15(22)4-7-17(14)27-21)12-26-16-5-2-13(3-6-16)10-18-19(24)23-20(25)28-18/h2-7,11,18H,8-10,12,22H2,1H3,(H,23,24,25). The molecule has 2 unspecified atom stereocenters. The fraction of sp³-hybridized carbons (Fsp3) is 0.333. The van der Waals surface area contributed by atoms with Crippen molar-refractivity contribution in [3.63, 3.8) is 0 Å². The molecule has 2 atom stereocenters. The predicted molar refractivity (Wildman–Crippen MR) is 109 cm³/mol. The van der Waals surface area contributed by atoms with Crippen LogP contribution in [-0.4, -0.2) is 28.6 Å². The van der Waals surface area contributed by atoms with Crippen molar-refractivity contribution >= 4 is 28.6 Å². The number of hydrogen-bond acceptors (Lipinski definition) is 6. The Labute approximate surface area is 167 Å². The van der Waals surface area contributed by atoms with Gasteiger partial charge in [0.1, 0.15) is 23.7 Å². The molecule has 1 saturated heterocycles. The van der Waals surface area contributed by atoms with Crippen LogP contribution in [0.25, 0.3) is 0 Å². The summed E-state index contributed by atoms with van der Waals surface area (Å²) in [5, 5.41) is 1.67. The van der Waals surface area contributed by atoms with E-state index < -0.39 is 5.60 Å². The zero-order chi connectivity index (χ0) is 19.7. The number of ether oxygens (including phenoxy) is 2. The number of anilines is 1. The molecule has 2 amide bonds. The van der Waals surface area contributed by atoms with E-state index in [-0.39, 0.29) is 16.4 Å². The molecule has 146 valence electrons. The van der Waals surface area contributed by atoms with E-state index in [2.05, 4.69) is 5.32 Å². The van der Waals surface area contributed by atoms with E-state index in [1.54, 1.807) is 0 Å². The number of rotatable bonds is 5. The Morgan fingerprint density at radius 3 is 2.75 bits per heavy atom. The molecule has 0 aliphatic carbocycles. The fourth-order valence-electron chi connectivity index (χ4n) is 3.41. The first kappa shape index (κ1) is 18.7. The summed E-state index contributed by atoms with van der Waals surface area (Å²) in [5.74, 6) is 1.39. The molecule has 7 heteroatoms. The van der Waals surface area contributed by atoms with Crippen molar-refractivity contribution in [1.29, 1.82) is 0 Å². The van der Waals surface area contributed by atoms with Gasteiger partial charge < -0.3 is 15.2 Å². The maximum atomic E-state index is 11.7. The first-order chi connectivity index (χ1) is 13.4. The number of nitrogens with one attached hydrogen (secondary N) is 1. The molecule has 2 aromatic carbocycles. The van der Waals surface area contributed by atoms with Crippen LogP contribution in [0.2, 0.25) is 0 Å². The van der Waals surface area contributed by atoms with Gasteiger partial charge in [0.25, 0.3) is 5.24 Å². The Bertz CT molecular complexity index is 915. The van der Waals surface area contributed by atoms with Gasteiger partial charge >= 0.3 is 0 Å². The van der Waals surface area contributed by atoms with Crippen LogP contribution in [0.5, 0.6) is 11.5 Å². The number of amides is 2. The Morgan fingerprint density at radius 2 is 2.04 bits per heavy atom. The van der Waals surface area contributed by atoms with Crippen LogP contribution in [0.3, 0.4) is 0 Å². The van der Waals surface area contributed by atoms with Crippen molar-refractivity contribution < 1.29 is 19.1 Å². The zero-order valence-electron chi connectivity index (χ0n) is 15.6. The first-order valence-corrected chi connectivity index (χ1v) is 10.1. The molecular weight excluding hydrogens is 376 g/mol. The summed E-state index contributed by atoms with van der Waals surface area (Å²) in [5.41, 5.74) is 8.31. The van der Waals surface area contributed by atoms with Crippen molar-refractivity contribution in [1.82, 2.24) is 5.32 Å². The monoisotopic (exact) mass is 398 g/mol. The molecule has 28 heavy (non-hydrogen) atoms. The minimum absolute atomic E-state index is 0.222. The highest BCUT2D eigenvalue weighted by atomic mass is 32.2. The van der Waals surface area contributed by atoms with Crippen LogP contribution >= 0.6 is 11.8 Å². The molecule has 0 bridgehead atoms. The second-order valence-electron chi connectivity index (χ2n) is 7.44.